The minimum atomic E-state index is -0.636. The summed E-state index contributed by atoms with van der Waals surface area (Å²) < 4.78 is 0. The van der Waals surface area contributed by atoms with E-state index >= 15 is 0 Å². The van der Waals surface area contributed by atoms with Gasteiger partial charge in [-0.25, -0.2) is 0 Å². The molecule has 0 aliphatic carbocycles. The van der Waals surface area contributed by atoms with Gasteiger partial charge in [-0.2, -0.15) is 0 Å². The average molecular weight is 416 g/mol. The molecule has 156 valence electrons. The number of rotatable bonds is 7. The zero-order valence-corrected chi connectivity index (χ0v) is 17.8. The molecule has 1 aliphatic rings. The Morgan fingerprint density at radius 3 is 2.55 bits per heavy atom. The first-order valence-electron chi connectivity index (χ1n) is 10.1. The number of piperazine rings is 1. The fourth-order valence-corrected chi connectivity index (χ4v) is 4.63. The summed E-state index contributed by atoms with van der Waals surface area (Å²) in [7, 11) is 0. The molecule has 0 saturated carbocycles. The summed E-state index contributed by atoms with van der Waals surface area (Å²) in [4.78, 5) is 34.9. The van der Waals surface area contributed by atoms with Gasteiger partial charge in [-0.15, -0.1) is 11.3 Å². The van der Waals surface area contributed by atoms with Crippen LogP contribution in [0.2, 0.25) is 0 Å². The van der Waals surface area contributed by atoms with Gasteiger partial charge in [-0.1, -0.05) is 19.1 Å². The number of thiophene rings is 1. The number of nitrogens with one attached hydrogen (secondary N) is 2. The Bertz CT molecular complexity index is 776. The van der Waals surface area contributed by atoms with E-state index in [0.29, 0.717) is 5.69 Å². The van der Waals surface area contributed by atoms with E-state index in [1.54, 1.807) is 17.5 Å². The van der Waals surface area contributed by atoms with Crippen LogP contribution in [-0.4, -0.2) is 65.4 Å². The van der Waals surface area contributed by atoms with Crippen LogP contribution in [-0.2, 0) is 16.1 Å². The number of carbonyl (C=O) groups excluding carboxylic acids is 2. The molecule has 2 N–H and O–H groups in total. The quantitative estimate of drug-likeness (QED) is 0.673. The highest BCUT2D eigenvalue weighted by Gasteiger charge is 2.31. The predicted octanol–water partition coefficient (Wildman–Crippen LogP) is 1.64. The molecular formula is C21H29N5O2S. The summed E-state index contributed by atoms with van der Waals surface area (Å²) in [5, 5.41) is 7.60. The van der Waals surface area contributed by atoms with Gasteiger partial charge in [0.25, 0.3) is 0 Å². The summed E-state index contributed by atoms with van der Waals surface area (Å²) in [5.41, 5.74) is 0.715. The fraction of sp³-hybridized carbons (Fsp3) is 0.476. The maximum absolute atomic E-state index is 12.5. The zero-order chi connectivity index (χ0) is 20.6. The molecule has 0 radical (unpaired) electrons. The summed E-state index contributed by atoms with van der Waals surface area (Å²) in [6.07, 6.45) is 1.66. The summed E-state index contributed by atoms with van der Waals surface area (Å²) in [6.45, 7) is 9.37. The number of pyridine rings is 1. The Labute approximate surface area is 176 Å². The second kappa shape index (κ2) is 10.5. The largest absolute Gasteiger partial charge is 0.343 e. The Balaban J connectivity index is 1.59. The number of hydrogen-bond acceptors (Lipinski definition) is 6. The first-order valence-corrected chi connectivity index (χ1v) is 10.9. The standard InChI is InChI=1S/C21H29N5O2S/c1-3-25-10-12-26(13-11-25)19(18-8-6-14-29-18)16(2)24-21(28)20(27)23-15-17-7-4-5-9-22-17/h4-9,14,16,19H,3,10-13,15H2,1-2H3,(H,23,27)(H,24,28)/t16-,19-/m0/s1. The number of nitrogens with zero attached hydrogens (tertiary/aromatic N) is 3. The van der Waals surface area contributed by atoms with E-state index in [1.807, 2.05) is 31.2 Å². The van der Waals surface area contributed by atoms with Crippen LogP contribution in [0, 0.1) is 0 Å². The summed E-state index contributed by atoms with van der Waals surface area (Å²) in [6, 6.07) is 9.47. The smallest absolute Gasteiger partial charge is 0.309 e. The van der Waals surface area contributed by atoms with Crippen molar-refractivity contribution in [1.29, 1.82) is 0 Å². The fourth-order valence-electron chi connectivity index (χ4n) is 3.66. The third-order valence-electron chi connectivity index (χ3n) is 5.28. The number of hydrogen-bond donors (Lipinski definition) is 2. The van der Waals surface area contributed by atoms with E-state index in [9.17, 15) is 9.59 Å². The average Bonchev–Trinajstić information content (AvgIpc) is 3.27. The maximum Gasteiger partial charge on any atom is 0.309 e. The molecule has 0 aromatic carbocycles. The van der Waals surface area contributed by atoms with Crippen molar-refractivity contribution in [3.8, 4) is 0 Å². The van der Waals surface area contributed by atoms with Crippen molar-refractivity contribution in [2.24, 2.45) is 0 Å². The van der Waals surface area contributed by atoms with Gasteiger partial charge >= 0.3 is 11.8 Å². The van der Waals surface area contributed by atoms with E-state index in [-0.39, 0.29) is 18.6 Å². The second-order valence-electron chi connectivity index (χ2n) is 7.20. The van der Waals surface area contributed by atoms with Crippen molar-refractivity contribution in [1.82, 2.24) is 25.4 Å². The van der Waals surface area contributed by atoms with E-state index in [4.69, 9.17) is 0 Å². The van der Waals surface area contributed by atoms with Crippen LogP contribution >= 0.6 is 11.3 Å². The van der Waals surface area contributed by atoms with Crippen molar-refractivity contribution < 1.29 is 9.59 Å². The molecule has 29 heavy (non-hydrogen) atoms. The molecule has 1 fully saturated rings. The van der Waals surface area contributed by atoms with Crippen molar-refractivity contribution >= 4 is 23.2 Å². The lowest BCUT2D eigenvalue weighted by molar-refractivity contribution is -0.140. The summed E-state index contributed by atoms with van der Waals surface area (Å²) >= 11 is 1.69. The van der Waals surface area contributed by atoms with Gasteiger partial charge in [0.05, 0.1) is 18.3 Å². The van der Waals surface area contributed by atoms with Crippen LogP contribution in [0.15, 0.2) is 41.9 Å². The summed E-state index contributed by atoms with van der Waals surface area (Å²) in [5.74, 6) is -1.24. The zero-order valence-electron chi connectivity index (χ0n) is 17.0. The van der Waals surface area contributed by atoms with Crippen molar-refractivity contribution in [2.45, 2.75) is 32.5 Å². The van der Waals surface area contributed by atoms with Gasteiger partial charge in [0.1, 0.15) is 0 Å². The van der Waals surface area contributed by atoms with E-state index in [2.05, 4.69) is 43.8 Å². The molecule has 2 aromatic heterocycles. The minimum Gasteiger partial charge on any atom is -0.343 e. The van der Waals surface area contributed by atoms with Gasteiger partial charge < -0.3 is 15.5 Å². The molecule has 2 amide bonds. The van der Waals surface area contributed by atoms with Crippen LogP contribution in [0.3, 0.4) is 0 Å². The molecule has 7 nitrogen and oxygen atoms in total. The van der Waals surface area contributed by atoms with Crippen molar-refractivity contribution in [3.05, 3.63) is 52.5 Å². The van der Waals surface area contributed by atoms with E-state index < -0.39 is 11.8 Å². The van der Waals surface area contributed by atoms with E-state index in [1.165, 1.54) is 4.88 Å². The van der Waals surface area contributed by atoms with Crippen molar-refractivity contribution in [2.75, 3.05) is 32.7 Å². The highest BCUT2D eigenvalue weighted by Crippen LogP contribution is 2.29. The first-order chi connectivity index (χ1) is 14.1. The number of likely N-dealkylation sites (N-methyl/N-ethyl adjacent to an activating group) is 1. The molecule has 0 unspecified atom stereocenters. The van der Waals surface area contributed by atoms with Crippen LogP contribution < -0.4 is 10.6 Å². The molecule has 1 aliphatic heterocycles. The Morgan fingerprint density at radius 2 is 1.93 bits per heavy atom. The van der Waals surface area contributed by atoms with Crippen LogP contribution in [0.5, 0.6) is 0 Å². The normalized spacial score (nSPS) is 17.4. The molecular weight excluding hydrogens is 386 g/mol. The lowest BCUT2D eigenvalue weighted by Crippen LogP contribution is -2.53. The second-order valence-corrected chi connectivity index (χ2v) is 8.18. The number of carbonyl (C=O) groups is 2. The Hall–Kier alpha value is -2.29. The number of amides is 2. The van der Waals surface area contributed by atoms with Crippen molar-refractivity contribution in [3.63, 3.8) is 0 Å². The minimum absolute atomic E-state index is 0.0570. The molecule has 3 rings (SSSR count). The molecule has 2 atom stereocenters. The SMILES string of the molecule is CCN1CCN([C@H](c2cccs2)[C@H](C)NC(=O)C(=O)NCc2ccccn2)CC1. The monoisotopic (exact) mass is 415 g/mol. The highest BCUT2D eigenvalue weighted by atomic mass is 32.1. The number of aromatic nitrogens is 1. The third kappa shape index (κ3) is 5.85. The van der Waals surface area contributed by atoms with Gasteiger partial charge in [0.15, 0.2) is 0 Å². The van der Waals surface area contributed by atoms with E-state index in [0.717, 1.165) is 32.7 Å². The molecule has 2 aromatic rings. The molecule has 8 heteroatoms. The molecule has 3 heterocycles. The molecule has 1 saturated heterocycles. The van der Waals surface area contributed by atoms with Gasteiger partial charge in [0.2, 0.25) is 0 Å². The lowest BCUT2D eigenvalue weighted by Gasteiger charge is -2.41. The van der Waals surface area contributed by atoms with Gasteiger partial charge in [-0.05, 0) is 37.0 Å². The predicted molar refractivity (Wildman–Crippen MR) is 114 cm³/mol. The molecule has 0 spiro atoms. The highest BCUT2D eigenvalue weighted by molar-refractivity contribution is 7.10. The first kappa shape index (κ1) is 21.4. The third-order valence-corrected chi connectivity index (χ3v) is 6.22. The topological polar surface area (TPSA) is 77.6 Å². The van der Waals surface area contributed by atoms with Crippen LogP contribution in [0.4, 0.5) is 0 Å². The molecule has 0 bridgehead atoms. The maximum atomic E-state index is 12.5. The Kier molecular flexibility index (Phi) is 7.74. The van der Waals surface area contributed by atoms with Gasteiger partial charge in [0, 0.05) is 43.3 Å². The van der Waals surface area contributed by atoms with Crippen LogP contribution in [0.25, 0.3) is 0 Å². The lowest BCUT2D eigenvalue weighted by atomic mass is 10.0. The van der Waals surface area contributed by atoms with Crippen LogP contribution in [0.1, 0.15) is 30.5 Å². The Morgan fingerprint density at radius 1 is 1.14 bits per heavy atom. The van der Waals surface area contributed by atoms with Gasteiger partial charge in [-0.3, -0.25) is 19.5 Å².